The molecule has 180 valence electrons. The van der Waals surface area contributed by atoms with Crippen LogP contribution in [0.4, 0.5) is 10.1 Å². The number of rotatable bonds is 5. The maximum atomic E-state index is 15.1. The Hall–Kier alpha value is -2.19. The Morgan fingerprint density at radius 1 is 1.09 bits per heavy atom. The van der Waals surface area contributed by atoms with Gasteiger partial charge in [-0.15, -0.1) is 0 Å². The van der Waals surface area contributed by atoms with Gasteiger partial charge in [0.2, 0.25) is 15.9 Å². The van der Waals surface area contributed by atoms with Gasteiger partial charge in [0.15, 0.2) is 0 Å². The summed E-state index contributed by atoms with van der Waals surface area (Å²) in [4.78, 5) is 15.4. The summed E-state index contributed by atoms with van der Waals surface area (Å²) in [5.74, 6) is -0.320. The van der Waals surface area contributed by atoms with E-state index in [0.29, 0.717) is 51.1 Å². The van der Waals surface area contributed by atoms with E-state index in [1.165, 1.54) is 10.4 Å². The van der Waals surface area contributed by atoms with E-state index in [0.717, 1.165) is 36.9 Å². The molecular formula is C25H34FN3O3S. The molecule has 33 heavy (non-hydrogen) atoms. The molecule has 2 fully saturated rings. The Morgan fingerprint density at radius 3 is 2.55 bits per heavy atom. The first-order valence-corrected chi connectivity index (χ1v) is 13.5. The fourth-order valence-corrected chi connectivity index (χ4v) is 6.93. The minimum absolute atomic E-state index is 0.0592. The molecule has 8 heteroatoms. The molecule has 0 radical (unpaired) electrons. The predicted octanol–water partition coefficient (Wildman–Crippen LogP) is 3.85. The van der Waals surface area contributed by atoms with E-state index >= 15 is 4.39 Å². The quantitative estimate of drug-likeness (QED) is 0.649. The summed E-state index contributed by atoms with van der Waals surface area (Å²) in [7, 11) is -3.52. The molecule has 1 aromatic carbocycles. The maximum absolute atomic E-state index is 15.1. The first-order valence-electron chi connectivity index (χ1n) is 12.0. The van der Waals surface area contributed by atoms with Gasteiger partial charge in [0.25, 0.3) is 0 Å². The lowest BCUT2D eigenvalue weighted by molar-refractivity contribution is -0.129. The van der Waals surface area contributed by atoms with Crippen LogP contribution in [0.1, 0.15) is 51.0 Å². The van der Waals surface area contributed by atoms with E-state index in [1.807, 2.05) is 12.1 Å². The van der Waals surface area contributed by atoms with Crippen molar-refractivity contribution in [3.63, 3.8) is 0 Å². The highest BCUT2D eigenvalue weighted by molar-refractivity contribution is 7.89. The highest BCUT2D eigenvalue weighted by Gasteiger charge is 2.34. The second kappa shape index (κ2) is 10.4. The topological polar surface area (TPSA) is 60.9 Å². The van der Waals surface area contributed by atoms with Crippen molar-refractivity contribution in [3.05, 3.63) is 53.4 Å². The number of allylic oxidation sites excluding steroid dienone is 4. The monoisotopic (exact) mass is 475 g/mol. The number of benzene rings is 1. The average Bonchev–Trinajstić information content (AvgIpc) is 2.94. The molecule has 1 aromatic rings. The standard InChI is InChI=1S/C25H34FN3O3S/c1-20(30)27-13-15-28(16-14-27)23-11-10-22(25(26)18-23)19-29-12-6-5-9-24(33(29,31)32)17-21-7-3-2-4-8-21/h3,7-8,10-11,18,24H,2,4-6,9,12-17,19H2,1H3. The highest BCUT2D eigenvalue weighted by Crippen LogP contribution is 2.30. The summed E-state index contributed by atoms with van der Waals surface area (Å²) in [6, 6.07) is 5.07. The fraction of sp³-hybridized carbons (Fsp3) is 0.560. The van der Waals surface area contributed by atoms with Crippen LogP contribution in [0.15, 0.2) is 42.0 Å². The van der Waals surface area contributed by atoms with Crippen LogP contribution in [0.25, 0.3) is 0 Å². The summed E-state index contributed by atoms with van der Waals surface area (Å²) in [5.41, 5.74) is 2.27. The molecule has 4 rings (SSSR count). The van der Waals surface area contributed by atoms with Crippen molar-refractivity contribution >= 4 is 21.6 Å². The van der Waals surface area contributed by atoms with Gasteiger partial charge in [-0.3, -0.25) is 4.79 Å². The zero-order valence-corrected chi connectivity index (χ0v) is 20.2. The van der Waals surface area contributed by atoms with Gasteiger partial charge in [-0.2, -0.15) is 4.31 Å². The van der Waals surface area contributed by atoms with Crippen LogP contribution in [-0.4, -0.2) is 61.5 Å². The number of halogens is 1. The number of carbonyl (C=O) groups excluding carboxylic acids is 1. The first kappa shape index (κ1) is 24.0. The van der Waals surface area contributed by atoms with Crippen LogP contribution < -0.4 is 4.90 Å². The van der Waals surface area contributed by atoms with E-state index in [2.05, 4.69) is 17.1 Å². The zero-order chi connectivity index (χ0) is 23.4. The minimum Gasteiger partial charge on any atom is -0.368 e. The molecule has 2 heterocycles. The van der Waals surface area contributed by atoms with Crippen molar-refractivity contribution in [1.29, 1.82) is 0 Å². The van der Waals surface area contributed by atoms with E-state index in [4.69, 9.17) is 0 Å². The number of hydrogen-bond acceptors (Lipinski definition) is 4. The molecule has 1 unspecified atom stereocenters. The van der Waals surface area contributed by atoms with Crippen LogP contribution in [0.3, 0.4) is 0 Å². The first-order chi connectivity index (χ1) is 15.8. The number of anilines is 1. The number of nitrogens with zero attached hydrogens (tertiary/aromatic N) is 3. The van der Waals surface area contributed by atoms with Gasteiger partial charge in [0.1, 0.15) is 5.82 Å². The van der Waals surface area contributed by atoms with Crippen LogP contribution in [0.2, 0.25) is 0 Å². The van der Waals surface area contributed by atoms with Gasteiger partial charge < -0.3 is 9.80 Å². The van der Waals surface area contributed by atoms with Crippen molar-refractivity contribution < 1.29 is 17.6 Å². The molecular weight excluding hydrogens is 441 g/mol. The summed E-state index contributed by atoms with van der Waals surface area (Å²) < 4.78 is 43.4. The third-order valence-corrected chi connectivity index (χ3v) is 9.25. The smallest absolute Gasteiger partial charge is 0.219 e. The summed E-state index contributed by atoms with van der Waals surface area (Å²) in [6.07, 6.45) is 11.1. The molecule has 1 atom stereocenters. The molecule has 0 spiro atoms. The Balaban J connectivity index is 1.45. The van der Waals surface area contributed by atoms with Crippen LogP contribution >= 0.6 is 0 Å². The van der Waals surface area contributed by atoms with Gasteiger partial charge in [-0.1, -0.05) is 36.3 Å². The van der Waals surface area contributed by atoms with Crippen LogP contribution in [0, 0.1) is 5.82 Å². The van der Waals surface area contributed by atoms with Crippen molar-refractivity contribution in [2.24, 2.45) is 0 Å². The van der Waals surface area contributed by atoms with Gasteiger partial charge in [0.05, 0.1) is 5.25 Å². The molecule has 2 saturated heterocycles. The lowest BCUT2D eigenvalue weighted by Crippen LogP contribution is -2.48. The van der Waals surface area contributed by atoms with Gasteiger partial charge >= 0.3 is 0 Å². The third kappa shape index (κ3) is 5.66. The number of carbonyl (C=O) groups is 1. The van der Waals surface area contributed by atoms with Crippen molar-refractivity contribution in [2.75, 3.05) is 37.6 Å². The molecule has 0 saturated carbocycles. The van der Waals surface area contributed by atoms with E-state index < -0.39 is 15.3 Å². The fourth-order valence-electron chi connectivity index (χ4n) is 4.94. The number of amides is 1. The Kier molecular flexibility index (Phi) is 7.54. The van der Waals surface area contributed by atoms with Crippen LogP contribution in [0.5, 0.6) is 0 Å². The average molecular weight is 476 g/mol. The highest BCUT2D eigenvalue weighted by atomic mass is 32.2. The van der Waals surface area contributed by atoms with Crippen molar-refractivity contribution in [1.82, 2.24) is 9.21 Å². The normalized spacial score (nSPS) is 23.8. The van der Waals surface area contributed by atoms with E-state index in [-0.39, 0.29) is 18.3 Å². The molecule has 1 aliphatic carbocycles. The minimum atomic E-state index is -3.52. The lowest BCUT2D eigenvalue weighted by atomic mass is 10.0. The Bertz CT molecular complexity index is 1030. The number of hydrogen-bond donors (Lipinski definition) is 0. The molecule has 3 aliphatic rings. The maximum Gasteiger partial charge on any atom is 0.219 e. The predicted molar refractivity (Wildman–Crippen MR) is 129 cm³/mol. The summed E-state index contributed by atoms with van der Waals surface area (Å²) in [6.45, 7) is 4.62. The molecule has 6 nitrogen and oxygen atoms in total. The van der Waals surface area contributed by atoms with Gasteiger partial charge in [0, 0.05) is 57.4 Å². The summed E-state index contributed by atoms with van der Waals surface area (Å²) >= 11 is 0. The Morgan fingerprint density at radius 2 is 1.88 bits per heavy atom. The lowest BCUT2D eigenvalue weighted by Gasteiger charge is -2.35. The molecule has 0 N–H and O–H groups in total. The van der Waals surface area contributed by atoms with Crippen molar-refractivity contribution in [3.8, 4) is 0 Å². The molecule has 1 amide bonds. The van der Waals surface area contributed by atoms with Gasteiger partial charge in [-0.05, 0) is 44.2 Å². The molecule has 2 aliphatic heterocycles. The Labute approximate surface area is 196 Å². The molecule has 0 aromatic heterocycles. The zero-order valence-electron chi connectivity index (χ0n) is 19.4. The third-order valence-electron chi connectivity index (χ3n) is 6.97. The molecule has 0 bridgehead atoms. The SMILES string of the molecule is CC(=O)N1CCN(c2ccc(CN3CCCCC(CC4=CCCC=C4)S3(=O)=O)c(F)c2)CC1. The number of sulfonamides is 1. The summed E-state index contributed by atoms with van der Waals surface area (Å²) in [5, 5.41) is -0.450. The number of piperazine rings is 1. The van der Waals surface area contributed by atoms with Crippen molar-refractivity contribution in [2.45, 2.75) is 57.2 Å². The second-order valence-corrected chi connectivity index (χ2v) is 11.4. The largest absolute Gasteiger partial charge is 0.368 e. The van der Waals surface area contributed by atoms with E-state index in [9.17, 15) is 13.2 Å². The van der Waals surface area contributed by atoms with E-state index in [1.54, 1.807) is 17.9 Å². The van der Waals surface area contributed by atoms with Gasteiger partial charge in [-0.25, -0.2) is 12.8 Å². The second-order valence-electron chi connectivity index (χ2n) is 9.23. The van der Waals surface area contributed by atoms with Crippen LogP contribution in [-0.2, 0) is 21.4 Å².